The Kier molecular flexibility index (Phi) is 4.98. The summed E-state index contributed by atoms with van der Waals surface area (Å²) in [6.07, 6.45) is 0.694. The lowest BCUT2D eigenvalue weighted by Gasteiger charge is -2.43. The van der Waals surface area contributed by atoms with Gasteiger partial charge in [0.2, 0.25) is 0 Å². The second-order valence-electron chi connectivity index (χ2n) is 8.19. The number of rotatable bonds is 3. The standard InChI is InChI=1S/C22H22F3IN2/c1-12-8-15-14-6-4-5-7-18(14)27-20(15)21(28(12)11-22(2,3)25)19-16(23)9-13(26)10-17(19)24/h4-7,9-10,12,21,27H,8,11H2,1-3H3. The van der Waals surface area contributed by atoms with Crippen LogP contribution in [-0.2, 0) is 6.42 Å². The maximum atomic E-state index is 15.0. The van der Waals surface area contributed by atoms with Crippen LogP contribution in [0.3, 0.4) is 0 Å². The van der Waals surface area contributed by atoms with Crippen LogP contribution >= 0.6 is 22.6 Å². The van der Waals surface area contributed by atoms with Crippen molar-refractivity contribution in [1.29, 1.82) is 0 Å². The molecule has 2 atom stereocenters. The minimum absolute atomic E-state index is 0.0241. The summed E-state index contributed by atoms with van der Waals surface area (Å²) in [7, 11) is 0. The van der Waals surface area contributed by atoms with Gasteiger partial charge in [0.25, 0.3) is 0 Å². The molecule has 2 aromatic carbocycles. The molecule has 148 valence electrons. The molecule has 28 heavy (non-hydrogen) atoms. The van der Waals surface area contributed by atoms with Gasteiger partial charge in [-0.2, -0.15) is 0 Å². The number of nitrogens with zero attached hydrogens (tertiary/aromatic N) is 1. The van der Waals surface area contributed by atoms with Crippen LogP contribution < -0.4 is 0 Å². The zero-order chi connectivity index (χ0) is 20.2. The van der Waals surface area contributed by atoms with Gasteiger partial charge < -0.3 is 4.98 Å². The van der Waals surface area contributed by atoms with Crippen molar-refractivity contribution >= 4 is 33.5 Å². The SMILES string of the molecule is CC1Cc2c([nH]c3ccccc23)C(c2c(F)cc(I)cc2F)N1CC(C)(C)F. The van der Waals surface area contributed by atoms with Gasteiger partial charge in [0, 0.05) is 38.3 Å². The van der Waals surface area contributed by atoms with Crippen LogP contribution in [0, 0.1) is 15.2 Å². The fourth-order valence-corrected chi connectivity index (χ4v) is 4.86. The highest BCUT2D eigenvalue weighted by Crippen LogP contribution is 2.43. The third-order valence-corrected chi connectivity index (χ3v) is 6.02. The number of aromatic nitrogens is 1. The predicted molar refractivity (Wildman–Crippen MR) is 114 cm³/mol. The molecule has 0 fully saturated rings. The molecular formula is C22H22F3IN2. The number of nitrogens with one attached hydrogen (secondary N) is 1. The molecule has 1 N–H and O–H groups in total. The zero-order valence-corrected chi connectivity index (χ0v) is 18.1. The molecule has 0 saturated heterocycles. The monoisotopic (exact) mass is 498 g/mol. The van der Waals surface area contributed by atoms with E-state index in [-0.39, 0.29) is 18.2 Å². The summed E-state index contributed by atoms with van der Waals surface area (Å²) in [5.41, 5.74) is 1.22. The number of benzene rings is 2. The summed E-state index contributed by atoms with van der Waals surface area (Å²) in [4.78, 5) is 5.25. The van der Waals surface area contributed by atoms with E-state index in [0.717, 1.165) is 22.2 Å². The lowest BCUT2D eigenvalue weighted by atomic mass is 9.87. The van der Waals surface area contributed by atoms with E-state index in [1.807, 2.05) is 58.7 Å². The second-order valence-corrected chi connectivity index (χ2v) is 9.44. The Morgan fingerprint density at radius 2 is 1.82 bits per heavy atom. The molecule has 2 nitrogen and oxygen atoms in total. The number of hydrogen-bond acceptors (Lipinski definition) is 1. The quantitative estimate of drug-likeness (QED) is 0.431. The summed E-state index contributed by atoms with van der Waals surface area (Å²) in [6.45, 7) is 5.07. The predicted octanol–water partition coefficient (Wildman–Crippen LogP) is 6.13. The number of halogens is 4. The zero-order valence-electron chi connectivity index (χ0n) is 16.0. The van der Waals surface area contributed by atoms with Gasteiger partial charge in [-0.25, -0.2) is 13.2 Å². The Morgan fingerprint density at radius 3 is 2.46 bits per heavy atom. The van der Waals surface area contributed by atoms with Crippen molar-refractivity contribution in [2.75, 3.05) is 6.54 Å². The average Bonchev–Trinajstić information content (AvgIpc) is 2.94. The number of hydrogen-bond donors (Lipinski definition) is 1. The Labute approximate surface area is 176 Å². The molecule has 0 saturated carbocycles. The minimum Gasteiger partial charge on any atom is -0.357 e. The molecule has 0 amide bonds. The molecule has 2 heterocycles. The number of H-pyrrole nitrogens is 1. The van der Waals surface area contributed by atoms with Gasteiger partial charge in [0.1, 0.15) is 17.3 Å². The van der Waals surface area contributed by atoms with E-state index in [9.17, 15) is 13.2 Å². The molecule has 0 radical (unpaired) electrons. The Hall–Kier alpha value is -1.54. The van der Waals surface area contributed by atoms with E-state index in [0.29, 0.717) is 9.99 Å². The van der Waals surface area contributed by atoms with Gasteiger partial charge >= 0.3 is 0 Å². The lowest BCUT2D eigenvalue weighted by molar-refractivity contribution is 0.0642. The topological polar surface area (TPSA) is 19.0 Å². The van der Waals surface area contributed by atoms with Gasteiger partial charge in [-0.1, -0.05) is 18.2 Å². The molecule has 6 heteroatoms. The minimum atomic E-state index is -1.49. The maximum Gasteiger partial charge on any atom is 0.132 e. The number of fused-ring (bicyclic) bond motifs is 3. The molecule has 1 aliphatic rings. The lowest BCUT2D eigenvalue weighted by Crippen LogP contribution is -2.48. The van der Waals surface area contributed by atoms with E-state index in [2.05, 4.69) is 4.98 Å². The normalized spacial score (nSPS) is 20.5. The first-order valence-electron chi connectivity index (χ1n) is 9.34. The first kappa shape index (κ1) is 19.8. The van der Waals surface area contributed by atoms with Gasteiger partial charge in [0.15, 0.2) is 0 Å². The average molecular weight is 498 g/mol. The largest absolute Gasteiger partial charge is 0.357 e. The first-order chi connectivity index (χ1) is 13.2. The van der Waals surface area contributed by atoms with E-state index < -0.39 is 23.3 Å². The van der Waals surface area contributed by atoms with Crippen LogP contribution in [0.15, 0.2) is 36.4 Å². The van der Waals surface area contributed by atoms with Crippen molar-refractivity contribution in [3.05, 3.63) is 68.4 Å². The van der Waals surface area contributed by atoms with Crippen LogP contribution in [0.25, 0.3) is 10.9 Å². The van der Waals surface area contributed by atoms with E-state index in [1.165, 1.54) is 26.0 Å². The summed E-state index contributed by atoms with van der Waals surface area (Å²) in [6, 6.07) is 9.75. The van der Waals surface area contributed by atoms with Crippen molar-refractivity contribution in [2.45, 2.75) is 44.9 Å². The fraction of sp³-hybridized carbons (Fsp3) is 0.364. The van der Waals surface area contributed by atoms with Crippen LogP contribution in [0.2, 0.25) is 0 Å². The highest BCUT2D eigenvalue weighted by molar-refractivity contribution is 14.1. The smallest absolute Gasteiger partial charge is 0.132 e. The molecule has 0 aliphatic carbocycles. The third-order valence-electron chi connectivity index (χ3n) is 5.39. The van der Waals surface area contributed by atoms with Gasteiger partial charge in [-0.05, 0) is 73.5 Å². The van der Waals surface area contributed by atoms with Gasteiger partial charge in [-0.15, -0.1) is 0 Å². The number of alkyl halides is 1. The second kappa shape index (κ2) is 7.06. The van der Waals surface area contributed by atoms with Crippen molar-refractivity contribution in [2.24, 2.45) is 0 Å². The van der Waals surface area contributed by atoms with E-state index in [1.54, 1.807) is 0 Å². The summed E-state index contributed by atoms with van der Waals surface area (Å²) < 4.78 is 45.1. The molecule has 1 aromatic heterocycles. The van der Waals surface area contributed by atoms with E-state index in [4.69, 9.17) is 0 Å². The first-order valence-corrected chi connectivity index (χ1v) is 10.4. The highest BCUT2D eigenvalue weighted by Gasteiger charge is 2.40. The van der Waals surface area contributed by atoms with Crippen molar-refractivity contribution in [3.63, 3.8) is 0 Å². The van der Waals surface area contributed by atoms with Crippen molar-refractivity contribution in [1.82, 2.24) is 9.88 Å². The molecule has 0 spiro atoms. The van der Waals surface area contributed by atoms with Crippen LogP contribution in [-0.4, -0.2) is 28.1 Å². The molecule has 4 rings (SSSR count). The van der Waals surface area contributed by atoms with Gasteiger partial charge in [0.05, 0.1) is 6.04 Å². The summed E-state index contributed by atoms with van der Waals surface area (Å²) >= 11 is 1.90. The summed E-state index contributed by atoms with van der Waals surface area (Å²) in [5.74, 6) is -1.20. The van der Waals surface area contributed by atoms with Crippen molar-refractivity contribution in [3.8, 4) is 0 Å². The Morgan fingerprint density at radius 1 is 1.18 bits per heavy atom. The fourth-order valence-electron chi connectivity index (χ4n) is 4.31. The van der Waals surface area contributed by atoms with Crippen LogP contribution in [0.1, 0.15) is 43.6 Å². The van der Waals surface area contributed by atoms with E-state index >= 15 is 0 Å². The third kappa shape index (κ3) is 3.45. The summed E-state index contributed by atoms with van der Waals surface area (Å²) in [5, 5.41) is 1.06. The Bertz CT molecular complexity index is 1010. The molecule has 3 aromatic rings. The molecular weight excluding hydrogens is 476 g/mol. The molecule has 0 bridgehead atoms. The number of para-hydroxylation sites is 1. The van der Waals surface area contributed by atoms with Crippen LogP contribution in [0.5, 0.6) is 0 Å². The highest BCUT2D eigenvalue weighted by atomic mass is 127. The van der Waals surface area contributed by atoms with Gasteiger partial charge in [-0.3, -0.25) is 4.90 Å². The molecule has 2 unspecified atom stereocenters. The Balaban J connectivity index is 1.98. The number of aromatic amines is 1. The maximum absolute atomic E-state index is 15.0. The van der Waals surface area contributed by atoms with Crippen LogP contribution in [0.4, 0.5) is 13.2 Å². The van der Waals surface area contributed by atoms with Crippen molar-refractivity contribution < 1.29 is 13.2 Å². The molecule has 1 aliphatic heterocycles.